The van der Waals surface area contributed by atoms with Gasteiger partial charge in [-0.05, 0) is 69.4 Å². The topological polar surface area (TPSA) is 44.4 Å². The minimum absolute atomic E-state index is 0.0977. The second-order valence-corrected chi connectivity index (χ2v) is 8.16. The van der Waals surface area contributed by atoms with Crippen LogP contribution in [0.2, 0.25) is 0 Å². The summed E-state index contributed by atoms with van der Waals surface area (Å²) in [4.78, 5) is 14.4. The average Bonchev–Trinajstić information content (AvgIpc) is 3.05. The predicted octanol–water partition coefficient (Wildman–Crippen LogP) is 4.39. The molecule has 2 N–H and O–H groups in total. The summed E-state index contributed by atoms with van der Waals surface area (Å²) in [6, 6.07) is 19.9. The smallest absolute Gasteiger partial charge is 0.253 e. The van der Waals surface area contributed by atoms with Crippen LogP contribution in [0.1, 0.15) is 55.5 Å². The third-order valence-electron chi connectivity index (χ3n) is 6.44. The highest BCUT2D eigenvalue weighted by Gasteiger charge is 2.46. The Morgan fingerprint density at radius 2 is 1.82 bits per heavy atom. The Bertz CT molecular complexity index is 800. The lowest BCUT2D eigenvalue weighted by atomic mass is 9.81. The van der Waals surface area contributed by atoms with Crippen molar-refractivity contribution in [2.24, 2.45) is 0 Å². The number of fused-ring (bicyclic) bond motifs is 2. The Morgan fingerprint density at radius 1 is 1.11 bits per heavy atom. The third kappa shape index (κ3) is 3.66. The van der Waals surface area contributed by atoms with Crippen molar-refractivity contribution in [3.63, 3.8) is 0 Å². The Hall–Kier alpha value is -2.33. The number of rotatable bonds is 6. The molecular weight excluding hydrogens is 346 g/mol. The molecule has 3 atom stereocenters. The van der Waals surface area contributed by atoms with Crippen LogP contribution in [0, 0.1) is 0 Å². The molecule has 4 heteroatoms. The van der Waals surface area contributed by atoms with Crippen molar-refractivity contribution >= 4 is 11.6 Å². The van der Waals surface area contributed by atoms with Gasteiger partial charge in [0.05, 0.1) is 0 Å². The standard InChI is InChI=1S/C24H31N3O/c1-3-27(4-2)23(28)18-10-12-20(13-11-18)25-22-16-21-14-15-24(17-22,26-21)19-8-6-5-7-9-19/h5-13,21-22,25-26H,3-4,14-17H2,1-2H3. The highest BCUT2D eigenvalue weighted by molar-refractivity contribution is 5.94. The SMILES string of the molecule is CCN(CC)C(=O)c1ccc(NC2CC3CCC(c4ccccc4)(C2)N3)cc1. The van der Waals surface area contributed by atoms with E-state index in [1.165, 1.54) is 18.4 Å². The molecule has 2 aromatic carbocycles. The molecule has 0 aromatic heterocycles. The summed E-state index contributed by atoms with van der Waals surface area (Å²) in [5, 5.41) is 7.63. The zero-order chi connectivity index (χ0) is 19.6. The Kier molecular flexibility index (Phi) is 5.40. The molecule has 2 bridgehead atoms. The van der Waals surface area contributed by atoms with Crippen LogP contribution in [0.3, 0.4) is 0 Å². The molecule has 2 aromatic rings. The lowest BCUT2D eigenvalue weighted by Gasteiger charge is -2.40. The number of carbonyl (C=O) groups excluding carboxylic acids is 1. The minimum Gasteiger partial charge on any atom is -0.382 e. The second kappa shape index (κ2) is 7.96. The van der Waals surface area contributed by atoms with Crippen LogP contribution in [0.25, 0.3) is 0 Å². The van der Waals surface area contributed by atoms with E-state index in [-0.39, 0.29) is 11.4 Å². The number of benzene rings is 2. The highest BCUT2D eigenvalue weighted by atomic mass is 16.2. The van der Waals surface area contributed by atoms with Crippen LogP contribution < -0.4 is 10.6 Å². The van der Waals surface area contributed by atoms with E-state index in [1.54, 1.807) is 0 Å². The molecule has 28 heavy (non-hydrogen) atoms. The zero-order valence-electron chi connectivity index (χ0n) is 16.9. The molecule has 3 unspecified atom stereocenters. The maximum Gasteiger partial charge on any atom is 0.253 e. The van der Waals surface area contributed by atoms with E-state index >= 15 is 0 Å². The van der Waals surface area contributed by atoms with Crippen molar-refractivity contribution in [3.8, 4) is 0 Å². The fourth-order valence-electron chi connectivity index (χ4n) is 4.99. The van der Waals surface area contributed by atoms with E-state index in [0.717, 1.165) is 37.2 Å². The molecule has 2 fully saturated rings. The normalized spacial score (nSPS) is 26.1. The number of hydrogen-bond donors (Lipinski definition) is 2. The fourth-order valence-corrected chi connectivity index (χ4v) is 4.99. The van der Waals surface area contributed by atoms with Gasteiger partial charge in [-0.2, -0.15) is 0 Å². The molecule has 0 spiro atoms. The van der Waals surface area contributed by atoms with E-state index in [2.05, 4.69) is 53.1 Å². The fraction of sp³-hybridized carbons (Fsp3) is 0.458. The molecule has 2 aliphatic heterocycles. The number of nitrogens with one attached hydrogen (secondary N) is 2. The van der Waals surface area contributed by atoms with E-state index in [4.69, 9.17) is 0 Å². The molecule has 0 radical (unpaired) electrons. The molecule has 4 rings (SSSR count). The van der Waals surface area contributed by atoms with Crippen LogP contribution in [0.15, 0.2) is 54.6 Å². The molecule has 1 amide bonds. The van der Waals surface area contributed by atoms with Crippen LogP contribution in [-0.4, -0.2) is 36.0 Å². The van der Waals surface area contributed by atoms with Crippen LogP contribution in [-0.2, 0) is 5.54 Å². The average molecular weight is 378 g/mol. The van der Waals surface area contributed by atoms with Crippen LogP contribution in [0.4, 0.5) is 5.69 Å². The van der Waals surface area contributed by atoms with E-state index in [1.807, 2.05) is 30.9 Å². The van der Waals surface area contributed by atoms with Gasteiger partial charge in [0.25, 0.3) is 5.91 Å². The molecular formula is C24H31N3O. The van der Waals surface area contributed by atoms with Crippen molar-refractivity contribution in [1.29, 1.82) is 0 Å². The summed E-state index contributed by atoms with van der Waals surface area (Å²) >= 11 is 0. The first-order valence-corrected chi connectivity index (χ1v) is 10.6. The van der Waals surface area contributed by atoms with Crippen LogP contribution >= 0.6 is 0 Å². The zero-order valence-corrected chi connectivity index (χ0v) is 16.9. The van der Waals surface area contributed by atoms with Gasteiger partial charge in [0, 0.05) is 42.0 Å². The van der Waals surface area contributed by atoms with Crippen LogP contribution in [0.5, 0.6) is 0 Å². The number of nitrogens with zero attached hydrogens (tertiary/aromatic N) is 1. The monoisotopic (exact) mass is 377 g/mol. The lowest BCUT2D eigenvalue weighted by Crippen LogP contribution is -2.50. The van der Waals surface area contributed by atoms with Gasteiger partial charge in [0.2, 0.25) is 0 Å². The predicted molar refractivity (Wildman–Crippen MR) is 115 cm³/mol. The number of amides is 1. The molecule has 2 aliphatic rings. The molecule has 148 valence electrons. The molecule has 2 saturated heterocycles. The van der Waals surface area contributed by atoms with Gasteiger partial charge in [0.1, 0.15) is 0 Å². The first-order valence-electron chi connectivity index (χ1n) is 10.6. The second-order valence-electron chi connectivity index (χ2n) is 8.16. The maximum atomic E-state index is 12.5. The lowest BCUT2D eigenvalue weighted by molar-refractivity contribution is 0.0773. The maximum absolute atomic E-state index is 12.5. The quantitative estimate of drug-likeness (QED) is 0.785. The number of anilines is 1. The van der Waals surface area contributed by atoms with Gasteiger partial charge in [-0.25, -0.2) is 0 Å². The minimum atomic E-state index is 0.0977. The number of carbonyl (C=O) groups is 1. The summed E-state index contributed by atoms with van der Waals surface area (Å²) in [5.41, 5.74) is 3.37. The number of hydrogen-bond acceptors (Lipinski definition) is 3. The van der Waals surface area contributed by atoms with Gasteiger partial charge in [-0.1, -0.05) is 30.3 Å². The summed E-state index contributed by atoms with van der Waals surface area (Å²) in [6.07, 6.45) is 4.68. The highest BCUT2D eigenvalue weighted by Crippen LogP contribution is 2.43. The summed E-state index contributed by atoms with van der Waals surface area (Å²) in [5.74, 6) is 0.111. The Labute approximate surface area is 168 Å². The third-order valence-corrected chi connectivity index (χ3v) is 6.44. The van der Waals surface area contributed by atoms with Crippen molar-refractivity contribution in [2.75, 3.05) is 18.4 Å². The number of piperidine rings is 1. The van der Waals surface area contributed by atoms with E-state index < -0.39 is 0 Å². The van der Waals surface area contributed by atoms with Crippen molar-refractivity contribution in [2.45, 2.75) is 57.2 Å². The van der Waals surface area contributed by atoms with E-state index in [0.29, 0.717) is 12.1 Å². The molecule has 4 nitrogen and oxygen atoms in total. The molecule has 0 saturated carbocycles. The Balaban J connectivity index is 1.45. The van der Waals surface area contributed by atoms with Gasteiger partial charge in [0.15, 0.2) is 0 Å². The molecule has 0 aliphatic carbocycles. The Morgan fingerprint density at radius 3 is 2.50 bits per heavy atom. The van der Waals surface area contributed by atoms with Crippen molar-refractivity contribution in [1.82, 2.24) is 10.2 Å². The largest absolute Gasteiger partial charge is 0.382 e. The van der Waals surface area contributed by atoms with Crippen molar-refractivity contribution < 1.29 is 4.79 Å². The van der Waals surface area contributed by atoms with Gasteiger partial charge < -0.3 is 15.5 Å². The van der Waals surface area contributed by atoms with Gasteiger partial charge in [-0.15, -0.1) is 0 Å². The summed E-state index contributed by atoms with van der Waals surface area (Å²) in [6.45, 7) is 5.53. The summed E-state index contributed by atoms with van der Waals surface area (Å²) in [7, 11) is 0. The summed E-state index contributed by atoms with van der Waals surface area (Å²) < 4.78 is 0. The van der Waals surface area contributed by atoms with Gasteiger partial charge in [-0.3, -0.25) is 4.79 Å². The van der Waals surface area contributed by atoms with E-state index in [9.17, 15) is 4.79 Å². The van der Waals surface area contributed by atoms with Crippen molar-refractivity contribution in [3.05, 3.63) is 65.7 Å². The first-order chi connectivity index (χ1) is 13.6. The molecule has 2 heterocycles. The first kappa shape index (κ1) is 19.0. The van der Waals surface area contributed by atoms with Gasteiger partial charge >= 0.3 is 0 Å².